The summed E-state index contributed by atoms with van der Waals surface area (Å²) in [6.45, 7) is 2.88. The second-order valence-electron chi connectivity index (χ2n) is 6.77. The Hall–Kier alpha value is -2.13. The van der Waals surface area contributed by atoms with Crippen LogP contribution in [0.15, 0.2) is 48.5 Å². The molecule has 2 atom stereocenters. The van der Waals surface area contributed by atoms with Crippen LogP contribution in [0, 0.1) is 0 Å². The molecule has 0 heterocycles. The first kappa shape index (κ1) is 17.7. The molecule has 0 radical (unpaired) electrons. The molecule has 0 aromatic heterocycles. The zero-order valence-corrected chi connectivity index (χ0v) is 14.9. The maximum absolute atomic E-state index is 12.2. The largest absolute Gasteiger partial charge is 0.377 e. The van der Waals surface area contributed by atoms with Crippen LogP contribution in [0.25, 0.3) is 11.1 Å². The van der Waals surface area contributed by atoms with E-state index in [2.05, 4.69) is 25.1 Å². The fraction of sp³-hybridized carbons (Fsp3) is 0.409. The number of carbonyl (C=O) groups is 1. The van der Waals surface area contributed by atoms with E-state index in [1.807, 2.05) is 30.3 Å². The maximum Gasteiger partial charge on any atom is 0.227 e. The third-order valence-electron chi connectivity index (χ3n) is 5.07. The molecule has 0 fully saturated rings. The number of hydrogen-bond acceptors (Lipinski definition) is 2. The van der Waals surface area contributed by atoms with Gasteiger partial charge in [0, 0.05) is 6.61 Å². The van der Waals surface area contributed by atoms with Gasteiger partial charge in [-0.25, -0.2) is 0 Å². The number of benzene rings is 2. The van der Waals surface area contributed by atoms with Crippen molar-refractivity contribution in [2.24, 2.45) is 5.73 Å². The molecule has 2 N–H and O–H groups in total. The van der Waals surface area contributed by atoms with E-state index in [0.29, 0.717) is 6.61 Å². The fourth-order valence-electron chi connectivity index (χ4n) is 3.82. The number of unbranched alkanes of at least 4 members (excludes halogenated alkanes) is 2. The average molecular weight is 337 g/mol. The Morgan fingerprint density at radius 2 is 1.92 bits per heavy atom. The van der Waals surface area contributed by atoms with Gasteiger partial charge in [-0.3, -0.25) is 4.79 Å². The summed E-state index contributed by atoms with van der Waals surface area (Å²) in [5.74, 6) is -0.638. The maximum atomic E-state index is 12.2. The van der Waals surface area contributed by atoms with Crippen LogP contribution in [0.4, 0.5) is 0 Å². The van der Waals surface area contributed by atoms with Crippen LogP contribution < -0.4 is 5.73 Å². The molecule has 0 aliphatic heterocycles. The van der Waals surface area contributed by atoms with E-state index in [4.69, 9.17) is 10.5 Å². The lowest BCUT2D eigenvalue weighted by Gasteiger charge is -2.33. The van der Waals surface area contributed by atoms with E-state index < -0.39 is 0 Å². The van der Waals surface area contributed by atoms with Crippen molar-refractivity contribution in [1.29, 1.82) is 0 Å². The summed E-state index contributed by atoms with van der Waals surface area (Å²) in [5.41, 5.74) is 10.4. The standard InChI is InChI=1S/C22H27NO2/c1-2-3-7-15-25-20-14-13-18-17(16-9-5-4-6-10-16)11-8-12-19(18)21(20)22(23)24/h4-6,8-12,20-21H,2-3,7,13-15H2,1H3,(H2,23,24). The molecule has 132 valence electrons. The number of fused-ring (bicyclic) bond motifs is 1. The highest BCUT2D eigenvalue weighted by Gasteiger charge is 2.35. The number of ether oxygens (including phenoxy) is 1. The molecular weight excluding hydrogens is 310 g/mol. The van der Waals surface area contributed by atoms with Gasteiger partial charge in [0.25, 0.3) is 0 Å². The van der Waals surface area contributed by atoms with Gasteiger partial charge in [-0.1, -0.05) is 68.3 Å². The Morgan fingerprint density at radius 3 is 2.64 bits per heavy atom. The normalized spacial score (nSPS) is 19.4. The zero-order valence-electron chi connectivity index (χ0n) is 14.9. The smallest absolute Gasteiger partial charge is 0.227 e. The molecule has 2 aromatic rings. The van der Waals surface area contributed by atoms with Crippen LogP contribution in [0.2, 0.25) is 0 Å². The predicted octanol–water partition coefficient (Wildman–Crippen LogP) is 4.44. The zero-order chi connectivity index (χ0) is 17.6. The van der Waals surface area contributed by atoms with Crippen molar-refractivity contribution in [3.05, 3.63) is 59.7 Å². The van der Waals surface area contributed by atoms with Gasteiger partial charge >= 0.3 is 0 Å². The predicted molar refractivity (Wildman–Crippen MR) is 101 cm³/mol. The summed E-state index contributed by atoms with van der Waals surface area (Å²) in [5, 5.41) is 0. The second kappa shape index (κ2) is 8.30. The molecule has 2 aromatic carbocycles. The Morgan fingerprint density at radius 1 is 1.12 bits per heavy atom. The minimum absolute atomic E-state index is 0.104. The van der Waals surface area contributed by atoms with Gasteiger partial charge < -0.3 is 10.5 Å². The number of primary amides is 1. The molecule has 0 spiro atoms. The number of carbonyl (C=O) groups excluding carboxylic acids is 1. The molecule has 0 saturated heterocycles. The van der Waals surface area contributed by atoms with Gasteiger partial charge in [-0.05, 0) is 41.5 Å². The average Bonchev–Trinajstić information content (AvgIpc) is 2.64. The van der Waals surface area contributed by atoms with E-state index in [1.54, 1.807) is 0 Å². The SMILES string of the molecule is CCCCCOC1CCc2c(-c3ccccc3)cccc2C1C(N)=O. The third kappa shape index (κ3) is 3.93. The number of rotatable bonds is 7. The molecule has 2 unspecified atom stereocenters. The molecule has 3 nitrogen and oxygen atoms in total. The molecule has 1 aliphatic rings. The fourth-order valence-corrected chi connectivity index (χ4v) is 3.82. The molecule has 0 bridgehead atoms. The molecular formula is C22H27NO2. The Balaban J connectivity index is 1.89. The monoisotopic (exact) mass is 337 g/mol. The van der Waals surface area contributed by atoms with Crippen LogP contribution in [0.1, 0.15) is 49.7 Å². The summed E-state index contributed by atoms with van der Waals surface area (Å²) >= 11 is 0. The Kier molecular flexibility index (Phi) is 5.87. The molecule has 1 aliphatic carbocycles. The van der Waals surface area contributed by atoms with Gasteiger partial charge in [-0.2, -0.15) is 0 Å². The second-order valence-corrected chi connectivity index (χ2v) is 6.77. The number of amides is 1. The van der Waals surface area contributed by atoms with Crippen molar-refractivity contribution >= 4 is 5.91 Å². The Bertz CT molecular complexity index is 711. The van der Waals surface area contributed by atoms with Crippen molar-refractivity contribution in [3.63, 3.8) is 0 Å². The van der Waals surface area contributed by atoms with Gasteiger partial charge in [-0.15, -0.1) is 0 Å². The molecule has 3 rings (SSSR count). The summed E-state index contributed by atoms with van der Waals surface area (Å²) < 4.78 is 6.06. The molecule has 3 heteroatoms. The highest BCUT2D eigenvalue weighted by Crippen LogP contribution is 2.38. The van der Waals surface area contributed by atoms with E-state index in [0.717, 1.165) is 37.7 Å². The first-order chi connectivity index (χ1) is 12.2. The summed E-state index contributed by atoms with van der Waals surface area (Å²) in [4.78, 5) is 12.2. The van der Waals surface area contributed by atoms with E-state index in [-0.39, 0.29) is 17.9 Å². The molecule has 0 saturated carbocycles. The van der Waals surface area contributed by atoms with Gasteiger partial charge in [0.1, 0.15) is 0 Å². The lowest BCUT2D eigenvalue weighted by molar-refractivity contribution is -0.123. The minimum Gasteiger partial charge on any atom is -0.377 e. The van der Waals surface area contributed by atoms with E-state index >= 15 is 0 Å². The summed E-state index contributed by atoms with van der Waals surface area (Å²) in [6.07, 6.45) is 5.02. The lowest BCUT2D eigenvalue weighted by Crippen LogP contribution is -2.37. The third-order valence-corrected chi connectivity index (χ3v) is 5.07. The van der Waals surface area contributed by atoms with Gasteiger partial charge in [0.05, 0.1) is 12.0 Å². The number of nitrogens with two attached hydrogens (primary N) is 1. The van der Waals surface area contributed by atoms with Crippen molar-refractivity contribution < 1.29 is 9.53 Å². The highest BCUT2D eigenvalue weighted by molar-refractivity contribution is 5.85. The van der Waals surface area contributed by atoms with Crippen molar-refractivity contribution in [2.45, 2.75) is 51.0 Å². The van der Waals surface area contributed by atoms with Crippen LogP contribution in [-0.2, 0) is 16.0 Å². The van der Waals surface area contributed by atoms with Crippen LogP contribution in [0.3, 0.4) is 0 Å². The Labute approximate surface area is 150 Å². The van der Waals surface area contributed by atoms with Gasteiger partial charge in [0.2, 0.25) is 5.91 Å². The summed E-state index contributed by atoms with van der Waals surface area (Å²) in [6, 6.07) is 16.5. The minimum atomic E-state index is -0.353. The van der Waals surface area contributed by atoms with Crippen LogP contribution in [-0.4, -0.2) is 18.6 Å². The van der Waals surface area contributed by atoms with E-state index in [9.17, 15) is 4.79 Å². The van der Waals surface area contributed by atoms with E-state index in [1.165, 1.54) is 16.7 Å². The first-order valence-electron chi connectivity index (χ1n) is 9.30. The lowest BCUT2D eigenvalue weighted by atomic mass is 9.77. The van der Waals surface area contributed by atoms with Crippen molar-refractivity contribution in [2.75, 3.05) is 6.61 Å². The topological polar surface area (TPSA) is 52.3 Å². The van der Waals surface area contributed by atoms with Crippen LogP contribution in [0.5, 0.6) is 0 Å². The van der Waals surface area contributed by atoms with Gasteiger partial charge in [0.15, 0.2) is 0 Å². The van der Waals surface area contributed by atoms with Crippen LogP contribution >= 0.6 is 0 Å². The molecule has 1 amide bonds. The first-order valence-corrected chi connectivity index (χ1v) is 9.30. The summed E-state index contributed by atoms with van der Waals surface area (Å²) in [7, 11) is 0. The van der Waals surface area contributed by atoms with Crippen molar-refractivity contribution in [3.8, 4) is 11.1 Å². The quantitative estimate of drug-likeness (QED) is 0.759. The number of hydrogen-bond donors (Lipinski definition) is 1. The molecule has 25 heavy (non-hydrogen) atoms. The van der Waals surface area contributed by atoms with Crippen molar-refractivity contribution in [1.82, 2.24) is 0 Å². The highest BCUT2D eigenvalue weighted by atomic mass is 16.5.